The highest BCUT2D eigenvalue weighted by Gasteiger charge is 2.53. The number of hydrogen-bond acceptors (Lipinski definition) is 4. The minimum Gasteiger partial charge on any atom is -0.479 e. The molecule has 5 heteroatoms. The van der Waals surface area contributed by atoms with Crippen molar-refractivity contribution in [2.24, 2.45) is 23.2 Å². The Morgan fingerprint density at radius 2 is 1.61 bits per heavy atom. The van der Waals surface area contributed by atoms with Crippen LogP contribution < -0.4 is 10.1 Å². The Kier molecular flexibility index (Phi) is 5.35. The van der Waals surface area contributed by atoms with Crippen LogP contribution >= 0.6 is 0 Å². The number of esters is 1. The number of para-hydroxylation sites is 1. The first-order valence-corrected chi connectivity index (χ1v) is 10.6. The molecule has 2 atom stereocenters. The van der Waals surface area contributed by atoms with E-state index >= 15 is 0 Å². The van der Waals surface area contributed by atoms with E-state index in [0.717, 1.165) is 17.8 Å². The average molecular weight is 386 g/mol. The highest BCUT2D eigenvalue weighted by Crippen LogP contribution is 2.61. The molecule has 1 amide bonds. The first-order chi connectivity index (χ1) is 13.4. The van der Waals surface area contributed by atoms with Crippen LogP contribution in [0.3, 0.4) is 0 Å². The summed E-state index contributed by atoms with van der Waals surface area (Å²) in [5, 5.41) is 3.12. The Labute approximate surface area is 167 Å². The molecule has 0 saturated heterocycles. The van der Waals surface area contributed by atoms with Crippen molar-refractivity contribution < 1.29 is 19.1 Å². The minimum absolute atomic E-state index is 0.130. The molecule has 0 spiro atoms. The maximum absolute atomic E-state index is 12.4. The molecule has 0 unspecified atom stereocenters. The summed E-state index contributed by atoms with van der Waals surface area (Å²) < 4.78 is 10.7. The Morgan fingerprint density at radius 1 is 1.04 bits per heavy atom. The Hall–Kier alpha value is -2.04. The van der Waals surface area contributed by atoms with Crippen LogP contribution in [0, 0.1) is 23.2 Å². The molecule has 4 aliphatic rings. The molecule has 1 aromatic rings. The van der Waals surface area contributed by atoms with Crippen LogP contribution in [0.5, 0.6) is 5.75 Å². The number of nitrogens with one attached hydrogen (secondary N) is 1. The van der Waals surface area contributed by atoms with E-state index in [4.69, 9.17) is 9.47 Å². The van der Waals surface area contributed by atoms with Gasteiger partial charge in [-0.25, -0.2) is 4.79 Å². The lowest BCUT2D eigenvalue weighted by molar-refractivity contribution is -0.155. The SMILES string of the molecule is C[C@H](Oc1ccccc1)C(=O)OCC(=O)N[C@@H](C)C12CC3CC(CC(C3)C1)C2. The van der Waals surface area contributed by atoms with E-state index in [1.807, 2.05) is 18.2 Å². The third-order valence-corrected chi connectivity index (χ3v) is 7.12. The number of rotatable bonds is 7. The van der Waals surface area contributed by atoms with Crippen molar-refractivity contribution in [2.45, 2.75) is 64.5 Å². The zero-order chi connectivity index (χ0) is 19.7. The molecule has 28 heavy (non-hydrogen) atoms. The number of carbonyl (C=O) groups excluding carboxylic acids is 2. The van der Waals surface area contributed by atoms with Gasteiger partial charge in [0.2, 0.25) is 0 Å². The van der Waals surface area contributed by atoms with Crippen LogP contribution in [0.15, 0.2) is 30.3 Å². The second-order valence-electron chi connectivity index (χ2n) is 9.25. The van der Waals surface area contributed by atoms with Gasteiger partial charge in [-0.2, -0.15) is 0 Å². The fraction of sp³-hybridized carbons (Fsp3) is 0.652. The monoisotopic (exact) mass is 385 g/mol. The molecule has 0 aromatic heterocycles. The molecule has 4 aliphatic carbocycles. The van der Waals surface area contributed by atoms with Gasteiger partial charge in [0.05, 0.1) is 0 Å². The van der Waals surface area contributed by atoms with Crippen molar-refractivity contribution >= 4 is 11.9 Å². The summed E-state index contributed by atoms with van der Waals surface area (Å²) in [6, 6.07) is 9.25. The molecule has 1 N–H and O–H groups in total. The lowest BCUT2D eigenvalue weighted by atomic mass is 9.48. The van der Waals surface area contributed by atoms with E-state index in [0.29, 0.717) is 5.75 Å². The van der Waals surface area contributed by atoms with Gasteiger partial charge in [0, 0.05) is 6.04 Å². The number of carbonyl (C=O) groups is 2. The van der Waals surface area contributed by atoms with Gasteiger partial charge >= 0.3 is 5.97 Å². The summed E-state index contributed by atoms with van der Waals surface area (Å²) in [5.41, 5.74) is 0.248. The standard InChI is InChI=1S/C23H31NO4/c1-15(28-20-6-4-3-5-7-20)22(26)27-14-21(25)24-16(2)23-11-17-8-18(12-23)10-19(9-17)13-23/h3-7,15-19H,8-14H2,1-2H3,(H,24,25)/t15-,16-,17?,18?,19?,23?/m0/s1. The van der Waals surface area contributed by atoms with Crippen molar-refractivity contribution in [2.75, 3.05) is 6.61 Å². The topological polar surface area (TPSA) is 64.6 Å². The maximum Gasteiger partial charge on any atom is 0.347 e. The van der Waals surface area contributed by atoms with E-state index in [1.165, 1.54) is 38.5 Å². The average Bonchev–Trinajstić information content (AvgIpc) is 2.65. The van der Waals surface area contributed by atoms with Crippen molar-refractivity contribution in [1.29, 1.82) is 0 Å². The van der Waals surface area contributed by atoms with Gasteiger partial charge in [-0.05, 0) is 87.7 Å². The first kappa shape index (κ1) is 19.3. The second kappa shape index (κ2) is 7.76. The third-order valence-electron chi connectivity index (χ3n) is 7.12. The Balaban J connectivity index is 1.25. The molecular weight excluding hydrogens is 354 g/mol. The second-order valence-corrected chi connectivity index (χ2v) is 9.25. The summed E-state index contributed by atoms with van der Waals surface area (Å²) in [7, 11) is 0. The number of amides is 1. The van der Waals surface area contributed by atoms with Gasteiger partial charge in [0.25, 0.3) is 5.91 Å². The number of ether oxygens (including phenoxy) is 2. The zero-order valence-corrected chi connectivity index (χ0v) is 16.9. The van der Waals surface area contributed by atoms with Gasteiger partial charge < -0.3 is 14.8 Å². The predicted molar refractivity (Wildman–Crippen MR) is 106 cm³/mol. The number of hydrogen-bond donors (Lipinski definition) is 1. The van der Waals surface area contributed by atoms with Crippen molar-refractivity contribution in [3.8, 4) is 5.75 Å². The van der Waals surface area contributed by atoms with E-state index in [9.17, 15) is 9.59 Å². The molecule has 1 aromatic carbocycles. The van der Waals surface area contributed by atoms with Crippen molar-refractivity contribution in [3.63, 3.8) is 0 Å². The molecule has 152 valence electrons. The van der Waals surface area contributed by atoms with Crippen LogP contribution in [-0.4, -0.2) is 30.6 Å². The zero-order valence-electron chi connectivity index (χ0n) is 16.9. The summed E-state index contributed by atoms with van der Waals surface area (Å²) in [5.74, 6) is 2.40. The van der Waals surface area contributed by atoms with E-state index < -0.39 is 12.1 Å². The predicted octanol–water partition coefficient (Wildman–Crippen LogP) is 3.72. The van der Waals surface area contributed by atoms with Crippen LogP contribution in [0.25, 0.3) is 0 Å². The van der Waals surface area contributed by atoms with Crippen LogP contribution in [0.4, 0.5) is 0 Å². The van der Waals surface area contributed by atoms with Gasteiger partial charge in [0.1, 0.15) is 5.75 Å². The minimum atomic E-state index is -0.754. The molecule has 4 saturated carbocycles. The van der Waals surface area contributed by atoms with Crippen LogP contribution in [0.1, 0.15) is 52.4 Å². The van der Waals surface area contributed by atoms with Crippen LogP contribution in [-0.2, 0) is 14.3 Å². The fourth-order valence-electron chi connectivity index (χ4n) is 6.15. The fourth-order valence-corrected chi connectivity index (χ4v) is 6.15. The van der Waals surface area contributed by atoms with Gasteiger partial charge in [0.15, 0.2) is 12.7 Å². The first-order valence-electron chi connectivity index (χ1n) is 10.6. The lowest BCUT2D eigenvalue weighted by Gasteiger charge is -2.59. The van der Waals surface area contributed by atoms with Gasteiger partial charge in [-0.3, -0.25) is 4.79 Å². The summed E-state index contributed by atoms with van der Waals surface area (Å²) in [6.45, 7) is 3.51. The molecule has 4 fully saturated rings. The maximum atomic E-state index is 12.4. The Bertz CT molecular complexity index is 681. The smallest absolute Gasteiger partial charge is 0.347 e. The van der Waals surface area contributed by atoms with E-state index in [1.54, 1.807) is 19.1 Å². The highest BCUT2D eigenvalue weighted by atomic mass is 16.6. The van der Waals surface area contributed by atoms with Crippen LogP contribution in [0.2, 0.25) is 0 Å². The molecular formula is C23H31NO4. The van der Waals surface area contributed by atoms with E-state index in [2.05, 4.69) is 12.2 Å². The summed E-state index contributed by atoms with van der Waals surface area (Å²) in [6.07, 6.45) is 7.12. The largest absolute Gasteiger partial charge is 0.479 e. The molecule has 4 bridgehead atoms. The summed E-state index contributed by atoms with van der Waals surface area (Å²) in [4.78, 5) is 24.5. The van der Waals surface area contributed by atoms with E-state index in [-0.39, 0.29) is 24.0 Å². The van der Waals surface area contributed by atoms with Crippen molar-refractivity contribution in [1.82, 2.24) is 5.32 Å². The molecule has 0 aliphatic heterocycles. The molecule has 5 rings (SSSR count). The lowest BCUT2D eigenvalue weighted by Crippen LogP contribution is -2.56. The number of benzene rings is 1. The quantitative estimate of drug-likeness (QED) is 0.727. The molecule has 0 heterocycles. The normalized spacial score (nSPS) is 32.4. The summed E-state index contributed by atoms with van der Waals surface area (Å²) >= 11 is 0. The molecule has 5 nitrogen and oxygen atoms in total. The van der Waals surface area contributed by atoms with Gasteiger partial charge in [-0.1, -0.05) is 18.2 Å². The van der Waals surface area contributed by atoms with Crippen molar-refractivity contribution in [3.05, 3.63) is 30.3 Å². The highest BCUT2D eigenvalue weighted by molar-refractivity contribution is 5.82. The van der Waals surface area contributed by atoms with Gasteiger partial charge in [-0.15, -0.1) is 0 Å². The molecule has 0 radical (unpaired) electrons. The Morgan fingerprint density at radius 3 is 2.18 bits per heavy atom. The third kappa shape index (κ3) is 4.03.